The summed E-state index contributed by atoms with van der Waals surface area (Å²) in [6.45, 7) is 9.00. The predicted molar refractivity (Wildman–Crippen MR) is 94.2 cm³/mol. The van der Waals surface area contributed by atoms with Crippen molar-refractivity contribution in [3.63, 3.8) is 0 Å². The molecule has 1 unspecified atom stereocenters. The molecule has 1 aliphatic rings. The molecular formula is C17H26BrN3O2. The summed E-state index contributed by atoms with van der Waals surface area (Å²) < 4.78 is 6.28. The number of hydrogen-bond donors (Lipinski definition) is 1. The number of pyridine rings is 1. The number of amides is 1. The largest absolute Gasteiger partial charge is 0.444 e. The molecule has 1 aromatic rings. The molecule has 0 aromatic carbocycles. The van der Waals surface area contributed by atoms with E-state index in [-0.39, 0.29) is 6.09 Å². The van der Waals surface area contributed by atoms with E-state index in [2.05, 4.69) is 26.2 Å². The molecule has 1 atom stereocenters. The zero-order valence-corrected chi connectivity index (χ0v) is 15.7. The number of carbonyl (C=O) groups is 1. The van der Waals surface area contributed by atoms with Crippen LogP contribution in [0.25, 0.3) is 0 Å². The second-order valence-corrected chi connectivity index (χ2v) is 7.81. The molecule has 0 saturated carbocycles. The lowest BCUT2D eigenvalue weighted by Crippen LogP contribution is -2.35. The van der Waals surface area contributed by atoms with Crippen LogP contribution >= 0.6 is 15.9 Å². The molecule has 23 heavy (non-hydrogen) atoms. The van der Waals surface area contributed by atoms with Crippen molar-refractivity contribution in [2.45, 2.75) is 45.8 Å². The molecule has 0 radical (unpaired) electrons. The van der Waals surface area contributed by atoms with Gasteiger partial charge in [0.1, 0.15) is 10.2 Å². The van der Waals surface area contributed by atoms with Crippen molar-refractivity contribution in [2.24, 2.45) is 5.92 Å². The fourth-order valence-electron chi connectivity index (χ4n) is 2.63. The Kier molecular flexibility index (Phi) is 6.41. The highest BCUT2D eigenvalue weighted by Gasteiger charge is 2.29. The standard InChI is InChI=1S/C17H26BrN3O2/c1-17(2,3)23-16(22)21-10-8-13(12-21)7-9-19-11-14-5-4-6-15(18)20-14/h4-6,13,19H,7-12H2,1-3H3. The summed E-state index contributed by atoms with van der Waals surface area (Å²) in [6, 6.07) is 5.93. The van der Waals surface area contributed by atoms with Crippen molar-refractivity contribution in [1.82, 2.24) is 15.2 Å². The maximum absolute atomic E-state index is 12.0. The molecule has 1 N–H and O–H groups in total. The van der Waals surface area contributed by atoms with Crippen molar-refractivity contribution < 1.29 is 9.53 Å². The minimum absolute atomic E-state index is 0.189. The average Bonchev–Trinajstić information content (AvgIpc) is 2.91. The third-order valence-electron chi connectivity index (χ3n) is 3.75. The lowest BCUT2D eigenvalue weighted by Gasteiger charge is -2.24. The number of likely N-dealkylation sites (tertiary alicyclic amines) is 1. The van der Waals surface area contributed by atoms with Crippen LogP contribution in [-0.2, 0) is 11.3 Å². The first-order chi connectivity index (χ1) is 10.8. The molecule has 1 fully saturated rings. The molecular weight excluding hydrogens is 358 g/mol. The monoisotopic (exact) mass is 383 g/mol. The summed E-state index contributed by atoms with van der Waals surface area (Å²) in [7, 11) is 0. The van der Waals surface area contributed by atoms with Crippen molar-refractivity contribution in [3.8, 4) is 0 Å². The van der Waals surface area contributed by atoms with Gasteiger partial charge >= 0.3 is 6.09 Å². The summed E-state index contributed by atoms with van der Waals surface area (Å²) in [5.74, 6) is 0.547. The summed E-state index contributed by atoms with van der Waals surface area (Å²) in [5, 5.41) is 3.42. The molecule has 1 aromatic heterocycles. The van der Waals surface area contributed by atoms with Gasteiger partial charge in [0.05, 0.1) is 5.69 Å². The van der Waals surface area contributed by atoms with Gasteiger partial charge in [0.2, 0.25) is 0 Å². The van der Waals surface area contributed by atoms with Gasteiger partial charge < -0.3 is 15.0 Å². The van der Waals surface area contributed by atoms with Crippen LogP contribution in [0.15, 0.2) is 22.8 Å². The Morgan fingerprint density at radius 3 is 2.96 bits per heavy atom. The summed E-state index contributed by atoms with van der Waals surface area (Å²) >= 11 is 3.38. The minimum Gasteiger partial charge on any atom is -0.444 e. The molecule has 128 valence electrons. The molecule has 1 saturated heterocycles. The van der Waals surface area contributed by atoms with Gasteiger partial charge in [0.25, 0.3) is 0 Å². The maximum atomic E-state index is 12.0. The first-order valence-electron chi connectivity index (χ1n) is 8.13. The maximum Gasteiger partial charge on any atom is 0.410 e. The molecule has 6 heteroatoms. The number of carbonyl (C=O) groups excluding carboxylic acids is 1. The van der Waals surface area contributed by atoms with E-state index in [1.165, 1.54) is 0 Å². The average molecular weight is 384 g/mol. The lowest BCUT2D eigenvalue weighted by molar-refractivity contribution is 0.0287. The quantitative estimate of drug-likeness (QED) is 0.623. The van der Waals surface area contributed by atoms with Crippen LogP contribution in [0.4, 0.5) is 4.79 Å². The van der Waals surface area contributed by atoms with Crippen LogP contribution in [-0.4, -0.2) is 41.2 Å². The molecule has 1 amide bonds. The van der Waals surface area contributed by atoms with Crippen LogP contribution in [0, 0.1) is 5.92 Å². The van der Waals surface area contributed by atoms with Crippen molar-refractivity contribution in [3.05, 3.63) is 28.5 Å². The van der Waals surface area contributed by atoms with Crippen LogP contribution in [0.5, 0.6) is 0 Å². The zero-order chi connectivity index (χ0) is 16.9. The second-order valence-electron chi connectivity index (χ2n) is 7.00. The number of rotatable bonds is 5. The predicted octanol–water partition coefficient (Wildman–Crippen LogP) is 3.58. The van der Waals surface area contributed by atoms with E-state index in [4.69, 9.17) is 4.74 Å². The van der Waals surface area contributed by atoms with Gasteiger partial charge in [-0.1, -0.05) is 6.07 Å². The Balaban J connectivity index is 1.65. The van der Waals surface area contributed by atoms with Gasteiger partial charge in [-0.05, 0) is 74.1 Å². The topological polar surface area (TPSA) is 54.5 Å². The highest BCUT2D eigenvalue weighted by atomic mass is 79.9. The Labute approximate surface area is 146 Å². The normalized spacial score (nSPS) is 18.3. The molecule has 5 nitrogen and oxygen atoms in total. The van der Waals surface area contributed by atoms with Crippen molar-refractivity contribution in [1.29, 1.82) is 0 Å². The Hall–Kier alpha value is -1.14. The Morgan fingerprint density at radius 1 is 1.48 bits per heavy atom. The van der Waals surface area contributed by atoms with Gasteiger partial charge in [-0.2, -0.15) is 0 Å². The van der Waals surface area contributed by atoms with E-state index in [0.29, 0.717) is 5.92 Å². The fraction of sp³-hybridized carbons (Fsp3) is 0.647. The number of ether oxygens (including phenoxy) is 1. The number of nitrogens with one attached hydrogen (secondary N) is 1. The van der Waals surface area contributed by atoms with E-state index in [9.17, 15) is 4.79 Å². The Morgan fingerprint density at radius 2 is 2.26 bits per heavy atom. The van der Waals surface area contributed by atoms with Crippen molar-refractivity contribution >= 4 is 22.0 Å². The first kappa shape index (κ1) is 18.2. The third kappa shape index (κ3) is 6.47. The molecule has 2 rings (SSSR count). The van der Waals surface area contributed by atoms with Crippen LogP contribution < -0.4 is 5.32 Å². The molecule has 0 spiro atoms. The van der Waals surface area contributed by atoms with Crippen LogP contribution in [0.1, 0.15) is 39.3 Å². The van der Waals surface area contributed by atoms with E-state index >= 15 is 0 Å². The SMILES string of the molecule is CC(C)(C)OC(=O)N1CCC(CCNCc2cccc(Br)n2)C1. The summed E-state index contributed by atoms with van der Waals surface area (Å²) in [5.41, 5.74) is 0.606. The number of hydrogen-bond acceptors (Lipinski definition) is 4. The molecule has 0 aliphatic carbocycles. The van der Waals surface area contributed by atoms with E-state index in [1.54, 1.807) is 0 Å². The molecule has 0 bridgehead atoms. The smallest absolute Gasteiger partial charge is 0.410 e. The second kappa shape index (κ2) is 8.11. The van der Waals surface area contributed by atoms with Crippen LogP contribution in [0.2, 0.25) is 0 Å². The lowest BCUT2D eigenvalue weighted by atomic mass is 10.1. The fourth-order valence-corrected chi connectivity index (χ4v) is 3.01. The van der Waals surface area contributed by atoms with E-state index < -0.39 is 5.60 Å². The van der Waals surface area contributed by atoms with E-state index in [1.807, 2.05) is 43.9 Å². The number of nitrogens with zero attached hydrogens (tertiary/aromatic N) is 2. The van der Waals surface area contributed by atoms with Gasteiger partial charge in [-0.3, -0.25) is 0 Å². The summed E-state index contributed by atoms with van der Waals surface area (Å²) in [4.78, 5) is 18.3. The third-order valence-corrected chi connectivity index (χ3v) is 4.19. The number of halogens is 1. The number of aromatic nitrogens is 1. The minimum atomic E-state index is -0.423. The first-order valence-corrected chi connectivity index (χ1v) is 8.93. The molecule has 2 heterocycles. The van der Waals surface area contributed by atoms with Gasteiger partial charge in [-0.25, -0.2) is 9.78 Å². The highest BCUT2D eigenvalue weighted by Crippen LogP contribution is 2.21. The van der Waals surface area contributed by atoms with Crippen LogP contribution in [0.3, 0.4) is 0 Å². The van der Waals surface area contributed by atoms with Gasteiger partial charge in [0, 0.05) is 19.6 Å². The zero-order valence-electron chi connectivity index (χ0n) is 14.1. The summed E-state index contributed by atoms with van der Waals surface area (Å²) in [6.07, 6.45) is 1.93. The highest BCUT2D eigenvalue weighted by molar-refractivity contribution is 9.10. The van der Waals surface area contributed by atoms with Gasteiger partial charge in [0.15, 0.2) is 0 Å². The molecule has 1 aliphatic heterocycles. The van der Waals surface area contributed by atoms with Crippen molar-refractivity contribution in [2.75, 3.05) is 19.6 Å². The van der Waals surface area contributed by atoms with E-state index in [0.717, 1.165) is 49.3 Å². The Bertz CT molecular complexity index is 531. The van der Waals surface area contributed by atoms with Gasteiger partial charge in [-0.15, -0.1) is 0 Å².